The summed E-state index contributed by atoms with van der Waals surface area (Å²) in [4.78, 5) is 0. The van der Waals surface area contributed by atoms with Crippen LogP contribution >= 0.6 is 0 Å². The molecule has 92 valence electrons. The standard InChI is InChI=1S/C17H12FN/c18-16-8-9-17-15(13-16)10-12-19(17)11-4-7-14-5-2-1-3-6-14/h1-3,5-6,8-10,12-13H,11H2. The molecule has 0 saturated heterocycles. The van der Waals surface area contributed by atoms with E-state index < -0.39 is 0 Å². The average Bonchev–Trinajstić information content (AvgIpc) is 2.82. The molecule has 0 unspecified atom stereocenters. The van der Waals surface area contributed by atoms with Gasteiger partial charge in [0.25, 0.3) is 0 Å². The molecular formula is C17H12FN. The Kier molecular flexibility index (Phi) is 3.04. The molecule has 0 aliphatic carbocycles. The van der Waals surface area contributed by atoms with Crippen molar-refractivity contribution in [3.05, 3.63) is 72.2 Å². The Hall–Kier alpha value is -2.53. The lowest BCUT2D eigenvalue weighted by molar-refractivity contribution is 0.629. The van der Waals surface area contributed by atoms with Crippen LogP contribution in [0.1, 0.15) is 5.56 Å². The highest BCUT2D eigenvalue weighted by atomic mass is 19.1. The number of aromatic nitrogens is 1. The number of rotatable bonds is 1. The van der Waals surface area contributed by atoms with Gasteiger partial charge in [0.1, 0.15) is 5.82 Å². The quantitative estimate of drug-likeness (QED) is 0.578. The summed E-state index contributed by atoms with van der Waals surface area (Å²) in [5.74, 6) is 6.04. The van der Waals surface area contributed by atoms with E-state index in [1.807, 2.05) is 47.2 Å². The molecule has 0 bridgehead atoms. The third-order valence-corrected chi connectivity index (χ3v) is 2.99. The molecule has 0 N–H and O–H groups in total. The van der Waals surface area contributed by atoms with Gasteiger partial charge in [-0.2, -0.15) is 0 Å². The molecule has 0 aliphatic rings. The summed E-state index contributed by atoms with van der Waals surface area (Å²) in [5, 5.41) is 0.904. The summed E-state index contributed by atoms with van der Waals surface area (Å²) in [7, 11) is 0. The molecule has 0 atom stereocenters. The van der Waals surface area contributed by atoms with Crippen molar-refractivity contribution in [3.8, 4) is 11.8 Å². The van der Waals surface area contributed by atoms with Crippen LogP contribution in [0.2, 0.25) is 0 Å². The highest BCUT2D eigenvalue weighted by Crippen LogP contribution is 2.16. The molecule has 1 aromatic heterocycles. The van der Waals surface area contributed by atoms with Crippen LogP contribution in [0, 0.1) is 17.7 Å². The minimum Gasteiger partial charge on any atom is -0.336 e. The van der Waals surface area contributed by atoms with Crippen LogP contribution in [0.25, 0.3) is 10.9 Å². The molecule has 1 heterocycles. The van der Waals surface area contributed by atoms with Crippen molar-refractivity contribution in [2.75, 3.05) is 0 Å². The Morgan fingerprint density at radius 2 is 1.84 bits per heavy atom. The third kappa shape index (κ3) is 2.51. The van der Waals surface area contributed by atoms with Gasteiger partial charge in [-0.15, -0.1) is 0 Å². The van der Waals surface area contributed by atoms with Crippen molar-refractivity contribution in [1.82, 2.24) is 4.57 Å². The summed E-state index contributed by atoms with van der Waals surface area (Å²) in [5.41, 5.74) is 2.01. The van der Waals surface area contributed by atoms with Crippen molar-refractivity contribution in [3.63, 3.8) is 0 Å². The lowest BCUT2D eigenvalue weighted by Gasteiger charge is -1.99. The van der Waals surface area contributed by atoms with Gasteiger partial charge in [-0.1, -0.05) is 30.0 Å². The Bertz CT molecular complexity index is 760. The van der Waals surface area contributed by atoms with Gasteiger partial charge in [-0.25, -0.2) is 4.39 Å². The largest absolute Gasteiger partial charge is 0.336 e. The highest BCUT2D eigenvalue weighted by molar-refractivity contribution is 5.80. The van der Waals surface area contributed by atoms with E-state index in [0.717, 1.165) is 16.5 Å². The Labute approximate surface area is 111 Å². The molecule has 1 nitrogen and oxygen atoms in total. The molecule has 2 aromatic carbocycles. The van der Waals surface area contributed by atoms with Crippen LogP contribution in [-0.4, -0.2) is 4.57 Å². The molecule has 0 saturated carbocycles. The Morgan fingerprint density at radius 1 is 1.00 bits per heavy atom. The monoisotopic (exact) mass is 249 g/mol. The smallest absolute Gasteiger partial charge is 0.123 e. The molecule has 19 heavy (non-hydrogen) atoms. The topological polar surface area (TPSA) is 4.93 Å². The second-order valence-corrected chi connectivity index (χ2v) is 4.31. The van der Waals surface area contributed by atoms with Gasteiger partial charge >= 0.3 is 0 Å². The molecule has 0 radical (unpaired) electrons. The maximum absolute atomic E-state index is 13.1. The molecule has 0 aliphatic heterocycles. The first kappa shape index (κ1) is 11.6. The number of hydrogen-bond acceptors (Lipinski definition) is 0. The third-order valence-electron chi connectivity index (χ3n) is 2.99. The molecule has 0 amide bonds. The fourth-order valence-electron chi connectivity index (χ4n) is 2.06. The summed E-state index contributed by atoms with van der Waals surface area (Å²) in [6, 6.07) is 16.6. The van der Waals surface area contributed by atoms with Crippen LogP contribution in [0.5, 0.6) is 0 Å². The van der Waals surface area contributed by atoms with Crippen LogP contribution in [0.3, 0.4) is 0 Å². The number of nitrogens with zero attached hydrogens (tertiary/aromatic N) is 1. The number of benzene rings is 2. The van der Waals surface area contributed by atoms with Crippen molar-refractivity contribution in [2.45, 2.75) is 6.54 Å². The summed E-state index contributed by atoms with van der Waals surface area (Å²) < 4.78 is 15.1. The maximum Gasteiger partial charge on any atom is 0.123 e. The average molecular weight is 249 g/mol. The fourth-order valence-corrected chi connectivity index (χ4v) is 2.06. The highest BCUT2D eigenvalue weighted by Gasteiger charge is 2.00. The zero-order valence-corrected chi connectivity index (χ0v) is 10.3. The normalized spacial score (nSPS) is 10.2. The van der Waals surface area contributed by atoms with Crippen molar-refractivity contribution >= 4 is 10.9 Å². The summed E-state index contributed by atoms with van der Waals surface area (Å²) >= 11 is 0. The minimum absolute atomic E-state index is 0.208. The van der Waals surface area contributed by atoms with E-state index in [2.05, 4.69) is 11.8 Å². The predicted molar refractivity (Wildman–Crippen MR) is 75.2 cm³/mol. The maximum atomic E-state index is 13.1. The molecule has 0 fully saturated rings. The zero-order chi connectivity index (χ0) is 13.1. The Balaban J connectivity index is 1.85. The zero-order valence-electron chi connectivity index (χ0n) is 10.3. The van der Waals surface area contributed by atoms with E-state index in [9.17, 15) is 4.39 Å². The van der Waals surface area contributed by atoms with Crippen molar-refractivity contribution in [1.29, 1.82) is 0 Å². The first-order valence-corrected chi connectivity index (χ1v) is 6.11. The van der Waals surface area contributed by atoms with Gasteiger partial charge in [0.05, 0.1) is 6.54 Å². The predicted octanol–water partition coefficient (Wildman–Crippen LogP) is 3.83. The number of halogens is 1. The van der Waals surface area contributed by atoms with E-state index in [1.165, 1.54) is 12.1 Å². The van der Waals surface area contributed by atoms with Crippen molar-refractivity contribution < 1.29 is 4.39 Å². The first-order valence-electron chi connectivity index (χ1n) is 6.11. The van der Waals surface area contributed by atoms with Crippen LogP contribution in [0.4, 0.5) is 4.39 Å². The van der Waals surface area contributed by atoms with Gasteiger partial charge in [-0.05, 0) is 36.4 Å². The molecule has 2 heteroatoms. The molecule has 0 spiro atoms. The van der Waals surface area contributed by atoms with Crippen LogP contribution in [-0.2, 0) is 6.54 Å². The number of fused-ring (bicyclic) bond motifs is 1. The van der Waals surface area contributed by atoms with Crippen LogP contribution in [0.15, 0.2) is 60.8 Å². The van der Waals surface area contributed by atoms with E-state index in [0.29, 0.717) is 6.54 Å². The minimum atomic E-state index is -0.208. The van der Waals surface area contributed by atoms with Gasteiger partial charge in [0, 0.05) is 22.7 Å². The molecule has 3 aromatic rings. The lowest BCUT2D eigenvalue weighted by Crippen LogP contribution is -1.92. The molecule has 3 rings (SSSR count). The van der Waals surface area contributed by atoms with Gasteiger partial charge in [0.2, 0.25) is 0 Å². The SMILES string of the molecule is Fc1ccc2c(ccn2CC#Cc2ccccc2)c1. The Morgan fingerprint density at radius 3 is 2.68 bits per heavy atom. The van der Waals surface area contributed by atoms with E-state index in [1.54, 1.807) is 6.07 Å². The van der Waals surface area contributed by atoms with E-state index in [-0.39, 0.29) is 5.82 Å². The fraction of sp³-hybridized carbons (Fsp3) is 0.0588. The summed E-state index contributed by atoms with van der Waals surface area (Å²) in [6.07, 6.45) is 1.93. The van der Waals surface area contributed by atoms with Crippen molar-refractivity contribution in [2.24, 2.45) is 0 Å². The second kappa shape index (κ2) is 4.99. The van der Waals surface area contributed by atoms with Gasteiger partial charge in [0.15, 0.2) is 0 Å². The second-order valence-electron chi connectivity index (χ2n) is 4.31. The summed E-state index contributed by atoms with van der Waals surface area (Å²) in [6.45, 7) is 0.601. The molecular weight excluding hydrogens is 237 g/mol. The van der Waals surface area contributed by atoms with E-state index in [4.69, 9.17) is 0 Å². The lowest BCUT2D eigenvalue weighted by atomic mass is 10.2. The van der Waals surface area contributed by atoms with Gasteiger partial charge in [-0.3, -0.25) is 0 Å². The first-order chi connectivity index (χ1) is 9.33. The van der Waals surface area contributed by atoms with E-state index >= 15 is 0 Å². The number of hydrogen-bond donors (Lipinski definition) is 0. The van der Waals surface area contributed by atoms with Gasteiger partial charge < -0.3 is 4.57 Å². The van der Waals surface area contributed by atoms with Crippen LogP contribution < -0.4 is 0 Å².